The lowest BCUT2D eigenvalue weighted by Crippen LogP contribution is -2.13. The molecule has 0 heterocycles. The summed E-state index contributed by atoms with van der Waals surface area (Å²) >= 11 is 0. The normalized spacial score (nSPS) is 11.9. The third-order valence-corrected chi connectivity index (χ3v) is 2.15. The molecular formula is C11H12FN3O. The van der Waals surface area contributed by atoms with Crippen molar-refractivity contribution in [3.05, 3.63) is 41.2 Å². The van der Waals surface area contributed by atoms with Crippen LogP contribution in [0.25, 0.3) is 5.57 Å². The highest BCUT2D eigenvalue weighted by atomic mass is 19.1. The lowest BCUT2D eigenvalue weighted by molar-refractivity contribution is -0.115. The second kappa shape index (κ2) is 4.57. The molecule has 0 aliphatic rings. The maximum Gasteiger partial charge on any atom is 0.277 e. The van der Waals surface area contributed by atoms with Crippen molar-refractivity contribution in [1.29, 1.82) is 5.41 Å². The summed E-state index contributed by atoms with van der Waals surface area (Å²) in [5, 5.41) is 7.24. The van der Waals surface area contributed by atoms with Gasteiger partial charge in [0, 0.05) is 5.56 Å². The van der Waals surface area contributed by atoms with Gasteiger partial charge < -0.3 is 11.5 Å². The number of amides is 1. The van der Waals surface area contributed by atoms with E-state index in [2.05, 4.69) is 0 Å². The maximum atomic E-state index is 13.3. The Balaban J connectivity index is 3.24. The highest BCUT2D eigenvalue weighted by Crippen LogP contribution is 2.19. The van der Waals surface area contributed by atoms with Gasteiger partial charge in [-0.3, -0.25) is 10.2 Å². The summed E-state index contributed by atoms with van der Waals surface area (Å²) in [6, 6.07) is 6.40. The number of carbonyl (C=O) groups excluding carboxylic acids is 1. The Morgan fingerprint density at radius 3 is 2.38 bits per heavy atom. The van der Waals surface area contributed by atoms with Gasteiger partial charge in [-0.2, -0.15) is 0 Å². The maximum absolute atomic E-state index is 13.3. The van der Waals surface area contributed by atoms with E-state index in [1.54, 1.807) is 18.2 Å². The Morgan fingerprint density at radius 1 is 1.31 bits per heavy atom. The van der Waals surface area contributed by atoms with Gasteiger partial charge >= 0.3 is 0 Å². The number of hydrogen-bond acceptors (Lipinski definition) is 2. The second-order valence-corrected chi connectivity index (χ2v) is 3.30. The number of allylic oxidation sites excluding steroid dienone is 1. The fourth-order valence-corrected chi connectivity index (χ4v) is 1.23. The Morgan fingerprint density at radius 2 is 1.88 bits per heavy atom. The van der Waals surface area contributed by atoms with Crippen molar-refractivity contribution >= 4 is 17.3 Å². The van der Waals surface area contributed by atoms with E-state index in [0.717, 1.165) is 0 Å². The summed E-state index contributed by atoms with van der Waals surface area (Å²) in [6.07, 6.45) is 0. The summed E-state index contributed by atoms with van der Waals surface area (Å²) in [5.41, 5.74) is 11.2. The highest BCUT2D eigenvalue weighted by Gasteiger charge is 2.10. The Labute approximate surface area is 92.3 Å². The van der Waals surface area contributed by atoms with E-state index in [0.29, 0.717) is 11.1 Å². The first-order valence-electron chi connectivity index (χ1n) is 4.54. The molecule has 1 aromatic carbocycles. The number of benzene rings is 1. The minimum Gasteiger partial charge on any atom is -0.384 e. The molecule has 0 saturated carbocycles. The summed E-state index contributed by atoms with van der Waals surface area (Å²) in [6.45, 7) is 1.44. The monoisotopic (exact) mass is 221 g/mol. The molecular weight excluding hydrogens is 209 g/mol. The lowest BCUT2D eigenvalue weighted by Gasteiger charge is -2.05. The Kier molecular flexibility index (Phi) is 3.40. The van der Waals surface area contributed by atoms with Crippen LogP contribution in [0.2, 0.25) is 0 Å². The van der Waals surface area contributed by atoms with Crippen LogP contribution in [-0.4, -0.2) is 11.7 Å². The number of halogens is 1. The van der Waals surface area contributed by atoms with E-state index in [9.17, 15) is 9.18 Å². The molecule has 1 aromatic rings. The Bertz CT molecular complexity index is 480. The number of nitrogens with two attached hydrogens (primary N) is 2. The van der Waals surface area contributed by atoms with Gasteiger partial charge in [-0.15, -0.1) is 0 Å². The van der Waals surface area contributed by atoms with Crippen LogP contribution in [0.5, 0.6) is 0 Å². The zero-order valence-corrected chi connectivity index (χ0v) is 8.75. The predicted molar refractivity (Wildman–Crippen MR) is 60.4 cm³/mol. The van der Waals surface area contributed by atoms with E-state index < -0.39 is 11.7 Å². The number of nitrogen functional groups attached to an aromatic ring is 1. The van der Waals surface area contributed by atoms with Crippen LogP contribution < -0.4 is 11.5 Å². The zero-order chi connectivity index (χ0) is 12.3. The Hall–Kier alpha value is -2.17. The van der Waals surface area contributed by atoms with Gasteiger partial charge in [0.2, 0.25) is 0 Å². The molecule has 1 amide bonds. The van der Waals surface area contributed by atoms with Crippen molar-refractivity contribution in [2.75, 3.05) is 0 Å². The van der Waals surface area contributed by atoms with Gasteiger partial charge in [-0.05, 0) is 24.1 Å². The van der Waals surface area contributed by atoms with Crippen molar-refractivity contribution < 1.29 is 9.18 Å². The zero-order valence-electron chi connectivity index (χ0n) is 8.75. The quantitative estimate of drug-likeness (QED) is 0.406. The average Bonchev–Trinajstić information content (AvgIpc) is 2.27. The molecule has 16 heavy (non-hydrogen) atoms. The molecule has 0 aliphatic carbocycles. The topological polar surface area (TPSA) is 93.0 Å². The summed E-state index contributed by atoms with van der Waals surface area (Å²) in [5.74, 6) is -2.21. The van der Waals surface area contributed by atoms with Crippen LogP contribution in [0.1, 0.15) is 18.1 Å². The number of carbonyl (C=O) groups is 1. The molecule has 84 valence electrons. The largest absolute Gasteiger partial charge is 0.384 e. The van der Waals surface area contributed by atoms with Crippen LogP contribution in [0.3, 0.4) is 0 Å². The first kappa shape index (κ1) is 11.9. The molecule has 0 spiro atoms. The number of amidine groups is 1. The van der Waals surface area contributed by atoms with Crippen LogP contribution in [0, 0.1) is 5.41 Å². The first-order valence-corrected chi connectivity index (χ1v) is 4.54. The molecule has 0 aliphatic heterocycles. The van der Waals surface area contributed by atoms with E-state index in [1.807, 2.05) is 0 Å². The molecule has 1 rings (SSSR count). The molecule has 0 aromatic heterocycles. The molecule has 0 unspecified atom stereocenters. The smallest absolute Gasteiger partial charge is 0.277 e. The number of primary amides is 1. The van der Waals surface area contributed by atoms with E-state index >= 15 is 0 Å². The molecule has 0 bridgehead atoms. The van der Waals surface area contributed by atoms with Crippen LogP contribution in [-0.2, 0) is 4.79 Å². The molecule has 4 nitrogen and oxygen atoms in total. The third kappa shape index (κ3) is 2.44. The second-order valence-electron chi connectivity index (χ2n) is 3.30. The van der Waals surface area contributed by atoms with Crippen molar-refractivity contribution in [3.63, 3.8) is 0 Å². The van der Waals surface area contributed by atoms with E-state index in [-0.39, 0.29) is 11.4 Å². The fraction of sp³-hybridized carbons (Fsp3) is 0.0909. The highest BCUT2D eigenvalue weighted by molar-refractivity contribution is 5.99. The summed E-state index contributed by atoms with van der Waals surface area (Å²) < 4.78 is 13.3. The minimum absolute atomic E-state index is 0.117. The summed E-state index contributed by atoms with van der Waals surface area (Å²) in [4.78, 5) is 10.7. The number of nitrogens with one attached hydrogen (secondary N) is 1. The van der Waals surface area contributed by atoms with Crippen LogP contribution in [0.15, 0.2) is 30.1 Å². The van der Waals surface area contributed by atoms with Gasteiger partial charge in [0.1, 0.15) is 5.84 Å². The predicted octanol–water partition coefficient (Wildman–Crippen LogP) is 1.16. The van der Waals surface area contributed by atoms with Gasteiger partial charge in [0.05, 0.1) is 0 Å². The number of rotatable bonds is 3. The van der Waals surface area contributed by atoms with Crippen molar-refractivity contribution in [2.24, 2.45) is 11.5 Å². The molecule has 5 N–H and O–H groups in total. The fourth-order valence-electron chi connectivity index (χ4n) is 1.23. The lowest BCUT2D eigenvalue weighted by atomic mass is 10.0. The standard InChI is InChI=1S/C11H12FN3O/c1-6(9(12)11(15)16)7-3-2-4-8(5-7)10(13)14/h2-5H,1H3,(H3,13,14)(H2,15,16). The van der Waals surface area contributed by atoms with Gasteiger partial charge in [-0.25, -0.2) is 4.39 Å². The van der Waals surface area contributed by atoms with Gasteiger partial charge in [-0.1, -0.05) is 18.2 Å². The number of hydrogen-bond donors (Lipinski definition) is 3. The van der Waals surface area contributed by atoms with Crippen molar-refractivity contribution in [3.8, 4) is 0 Å². The molecule has 0 atom stereocenters. The molecule has 5 heteroatoms. The first-order chi connectivity index (χ1) is 7.43. The SMILES string of the molecule is CC(=C(F)C(N)=O)c1cccc(C(=N)N)c1. The van der Waals surface area contributed by atoms with Crippen molar-refractivity contribution in [1.82, 2.24) is 0 Å². The molecule has 0 fully saturated rings. The van der Waals surface area contributed by atoms with E-state index in [1.165, 1.54) is 13.0 Å². The van der Waals surface area contributed by atoms with Crippen LogP contribution >= 0.6 is 0 Å². The van der Waals surface area contributed by atoms with Crippen LogP contribution in [0.4, 0.5) is 4.39 Å². The summed E-state index contributed by atoms with van der Waals surface area (Å²) in [7, 11) is 0. The molecule has 0 saturated heterocycles. The van der Waals surface area contributed by atoms with Gasteiger partial charge in [0.15, 0.2) is 5.83 Å². The van der Waals surface area contributed by atoms with E-state index in [4.69, 9.17) is 16.9 Å². The third-order valence-electron chi connectivity index (χ3n) is 2.15. The minimum atomic E-state index is -1.11. The average molecular weight is 221 g/mol. The van der Waals surface area contributed by atoms with Crippen molar-refractivity contribution in [2.45, 2.75) is 6.92 Å². The molecule has 0 radical (unpaired) electrons. The van der Waals surface area contributed by atoms with Gasteiger partial charge in [0.25, 0.3) is 5.91 Å².